The van der Waals surface area contributed by atoms with E-state index >= 15 is 0 Å². The highest BCUT2D eigenvalue weighted by Crippen LogP contribution is 2.48. The van der Waals surface area contributed by atoms with E-state index in [4.69, 9.17) is 10.5 Å². The van der Waals surface area contributed by atoms with Gasteiger partial charge in [-0.2, -0.15) is 4.98 Å². The van der Waals surface area contributed by atoms with Crippen molar-refractivity contribution >= 4 is 36.5 Å². The third-order valence-electron chi connectivity index (χ3n) is 3.64. The van der Waals surface area contributed by atoms with Crippen LogP contribution in [0.15, 0.2) is 11.0 Å². The highest BCUT2D eigenvalue weighted by Gasteiger charge is 2.32. The molecule has 1 saturated heterocycles. The number of hydrogen-bond donors (Lipinski definition) is 1. The van der Waals surface area contributed by atoms with Gasteiger partial charge in [-0.15, -0.1) is 0 Å². The highest BCUT2D eigenvalue weighted by atomic mass is 32.4. The molecule has 0 bridgehead atoms. The summed E-state index contributed by atoms with van der Waals surface area (Å²) < 4.78 is 17.8. The molecule has 2 rings (SSSR count). The third-order valence-corrected chi connectivity index (χ3v) is 8.11. The normalized spacial score (nSPS) is 25.8. The number of carbonyl (C=O) groups excluding carboxylic acids is 1. The molecule has 2 heterocycles. The van der Waals surface area contributed by atoms with Crippen molar-refractivity contribution in [1.29, 1.82) is 0 Å². The number of anilines is 1. The minimum atomic E-state index is -0.476. The number of nitrogen functional groups attached to an aromatic ring is 1. The van der Waals surface area contributed by atoms with E-state index in [9.17, 15) is 14.2 Å². The number of carbonyl (C=O) groups is 1. The lowest BCUT2D eigenvalue weighted by molar-refractivity contribution is 0.0402. The molecule has 120 valence electrons. The van der Waals surface area contributed by atoms with Gasteiger partial charge in [0.25, 0.3) is 0 Å². The van der Waals surface area contributed by atoms with Gasteiger partial charge in [-0.25, -0.2) is 4.79 Å². The number of aromatic nitrogens is 2. The number of nitrogens with zero attached hydrogens (tertiary/aromatic N) is 2. The van der Waals surface area contributed by atoms with Crippen molar-refractivity contribution < 1.29 is 14.1 Å². The van der Waals surface area contributed by atoms with Crippen LogP contribution in [-0.2, 0) is 15.8 Å². The van der Waals surface area contributed by atoms with Gasteiger partial charge >= 0.3 is 5.69 Å². The SMILES string of the molecule is CC1C[C@H](Cn2cc(C=O)c(N)nc2=O)O[C@@H]1CPPP=O. The molecule has 0 radical (unpaired) electrons. The Morgan fingerprint density at radius 1 is 1.64 bits per heavy atom. The van der Waals surface area contributed by atoms with Crippen molar-refractivity contribution in [2.24, 2.45) is 5.92 Å². The second kappa shape index (κ2) is 8.21. The number of nitrogens with two attached hydrogens (primary N) is 1. The van der Waals surface area contributed by atoms with Crippen LogP contribution in [0, 0.1) is 5.92 Å². The van der Waals surface area contributed by atoms with E-state index in [1.165, 1.54) is 10.8 Å². The van der Waals surface area contributed by atoms with Crippen LogP contribution in [0.3, 0.4) is 0 Å². The lowest BCUT2D eigenvalue weighted by Crippen LogP contribution is -2.30. The number of hydrogen-bond acceptors (Lipinski definition) is 6. The topological polar surface area (TPSA) is 104 Å². The second-order valence-electron chi connectivity index (χ2n) is 5.23. The van der Waals surface area contributed by atoms with Crippen LogP contribution in [0.1, 0.15) is 23.7 Å². The molecular formula is C12H18N3O4P3. The number of aldehydes is 1. The zero-order valence-corrected chi connectivity index (χ0v) is 15.0. The van der Waals surface area contributed by atoms with Crippen LogP contribution in [0.25, 0.3) is 0 Å². The number of rotatable bonds is 7. The van der Waals surface area contributed by atoms with Crippen LogP contribution in [0.2, 0.25) is 0 Å². The first-order valence-electron chi connectivity index (χ1n) is 6.83. The fourth-order valence-electron chi connectivity index (χ4n) is 2.51. The Morgan fingerprint density at radius 3 is 3.09 bits per heavy atom. The molecule has 0 aromatic carbocycles. The Bertz CT molecular complexity index is 610. The minimum Gasteiger partial charge on any atom is -0.383 e. The van der Waals surface area contributed by atoms with Gasteiger partial charge in [0.2, 0.25) is 0 Å². The molecule has 0 saturated carbocycles. The van der Waals surface area contributed by atoms with Gasteiger partial charge in [-0.1, -0.05) is 15.2 Å². The average Bonchev–Trinajstić information content (AvgIpc) is 2.82. The molecule has 1 aliphatic rings. The molecule has 1 fully saturated rings. The lowest BCUT2D eigenvalue weighted by atomic mass is 10.0. The molecule has 1 aromatic rings. The smallest absolute Gasteiger partial charge is 0.349 e. The first-order chi connectivity index (χ1) is 10.5. The summed E-state index contributed by atoms with van der Waals surface area (Å²) in [5.41, 5.74) is 5.24. The van der Waals surface area contributed by atoms with E-state index < -0.39 is 5.69 Å². The molecule has 0 spiro atoms. The molecule has 22 heavy (non-hydrogen) atoms. The first-order valence-corrected chi connectivity index (χ1v) is 11.7. The fraction of sp³-hybridized carbons (Fsp3) is 0.583. The van der Waals surface area contributed by atoms with E-state index in [-0.39, 0.29) is 31.7 Å². The molecule has 1 aromatic heterocycles. The quantitative estimate of drug-likeness (QED) is 0.452. The Kier molecular flexibility index (Phi) is 6.58. The van der Waals surface area contributed by atoms with Gasteiger partial charge in [-0.3, -0.25) is 13.9 Å². The maximum Gasteiger partial charge on any atom is 0.349 e. The van der Waals surface area contributed by atoms with E-state index in [2.05, 4.69) is 11.9 Å². The van der Waals surface area contributed by atoms with E-state index in [0.717, 1.165) is 12.6 Å². The monoisotopic (exact) mass is 361 g/mol. The van der Waals surface area contributed by atoms with Crippen LogP contribution in [0.5, 0.6) is 0 Å². The van der Waals surface area contributed by atoms with Gasteiger partial charge in [-0.05, 0) is 26.5 Å². The molecule has 5 atom stereocenters. The van der Waals surface area contributed by atoms with Crippen molar-refractivity contribution in [1.82, 2.24) is 9.55 Å². The van der Waals surface area contributed by atoms with Crippen molar-refractivity contribution in [2.45, 2.75) is 32.1 Å². The van der Waals surface area contributed by atoms with Crippen molar-refractivity contribution in [3.63, 3.8) is 0 Å². The van der Waals surface area contributed by atoms with Gasteiger partial charge in [0.15, 0.2) is 14.4 Å². The van der Waals surface area contributed by atoms with Gasteiger partial charge < -0.3 is 10.5 Å². The van der Waals surface area contributed by atoms with Crippen LogP contribution in [-0.4, -0.2) is 34.2 Å². The summed E-state index contributed by atoms with van der Waals surface area (Å²) in [6.07, 6.45) is 3.82. The van der Waals surface area contributed by atoms with Crippen molar-refractivity contribution in [2.75, 3.05) is 11.9 Å². The summed E-state index contributed by atoms with van der Waals surface area (Å²) in [4.78, 5) is 26.4. The number of ether oxygens (including phenoxy) is 1. The maximum absolute atomic E-state index is 11.8. The molecular weight excluding hydrogens is 343 g/mol. The largest absolute Gasteiger partial charge is 0.383 e. The van der Waals surface area contributed by atoms with Crippen LogP contribution in [0.4, 0.5) is 5.82 Å². The fourth-order valence-corrected chi connectivity index (χ4v) is 5.84. The maximum atomic E-state index is 11.8. The summed E-state index contributed by atoms with van der Waals surface area (Å²) in [5, 5.41) is 0. The van der Waals surface area contributed by atoms with Crippen molar-refractivity contribution in [3.05, 3.63) is 22.2 Å². The summed E-state index contributed by atoms with van der Waals surface area (Å²) in [5.74, 6) is 0.349. The third kappa shape index (κ3) is 4.39. The highest BCUT2D eigenvalue weighted by molar-refractivity contribution is 8.40. The Morgan fingerprint density at radius 2 is 2.41 bits per heavy atom. The molecule has 0 aliphatic carbocycles. The Balaban J connectivity index is 2.01. The zero-order chi connectivity index (χ0) is 16.1. The molecule has 1 aliphatic heterocycles. The molecule has 10 heteroatoms. The summed E-state index contributed by atoms with van der Waals surface area (Å²) >= 11 is 0. The van der Waals surface area contributed by atoms with Gasteiger partial charge in [0.05, 0.1) is 24.3 Å². The molecule has 0 amide bonds. The molecule has 7 nitrogen and oxygen atoms in total. The van der Waals surface area contributed by atoms with Crippen molar-refractivity contribution in [3.8, 4) is 0 Å². The second-order valence-corrected chi connectivity index (χ2v) is 10.7. The lowest BCUT2D eigenvalue weighted by Gasteiger charge is -2.15. The molecule has 3 unspecified atom stereocenters. The summed E-state index contributed by atoms with van der Waals surface area (Å²) in [6.45, 7) is 2.48. The first kappa shape index (κ1) is 17.6. The predicted molar refractivity (Wildman–Crippen MR) is 89.8 cm³/mol. The Labute approximate surface area is 133 Å². The van der Waals surface area contributed by atoms with Crippen LogP contribution < -0.4 is 11.4 Å². The summed E-state index contributed by atoms with van der Waals surface area (Å²) in [6, 6.07) is 0. The predicted octanol–water partition coefficient (Wildman–Crippen LogP) is 1.91. The average molecular weight is 361 g/mol. The van der Waals surface area contributed by atoms with E-state index in [0.29, 0.717) is 35.0 Å². The molecule has 2 N–H and O–H groups in total. The van der Waals surface area contributed by atoms with Crippen LogP contribution >= 0.6 is 24.4 Å². The zero-order valence-electron chi connectivity index (χ0n) is 12.1. The standard InChI is InChI=1S/C12H18N3O4P3/c1-7-2-9(19-10(7)6-20-22-21-18)4-15-3-8(5-16)11(13)14-12(15)17/h3,5,7,9-10,20,22H,2,4,6H2,1H3,(H2,13,14,17)/t7?,9-,10-/m1/s1. The Hall–Kier alpha value is -0.730. The van der Waals surface area contributed by atoms with E-state index in [1.807, 2.05) is 0 Å². The minimum absolute atomic E-state index is 0.0474. The summed E-state index contributed by atoms with van der Waals surface area (Å²) in [7, 11) is 1.28. The van der Waals surface area contributed by atoms with Gasteiger partial charge in [0.1, 0.15) is 5.82 Å². The van der Waals surface area contributed by atoms with Gasteiger partial charge in [0, 0.05) is 6.20 Å². The van der Waals surface area contributed by atoms with E-state index in [1.54, 1.807) is 0 Å².